The zero-order chi connectivity index (χ0) is 17.3. The van der Waals surface area contributed by atoms with E-state index < -0.39 is 6.23 Å². The Labute approximate surface area is 136 Å². The zero-order valence-corrected chi connectivity index (χ0v) is 14.5. The summed E-state index contributed by atoms with van der Waals surface area (Å²) in [6.45, 7) is 9.62. The third kappa shape index (κ3) is 3.73. The number of nitrogens with two attached hydrogens (primary N) is 1. The fourth-order valence-electron chi connectivity index (χ4n) is 2.75. The number of hydrogen-bond acceptors (Lipinski definition) is 5. The van der Waals surface area contributed by atoms with Crippen LogP contribution in [0.15, 0.2) is 15.8 Å². The topological polar surface area (TPSA) is 88.5 Å². The molecule has 2 N–H and O–H groups in total. The highest BCUT2D eigenvalue weighted by atomic mass is 16.6. The van der Waals surface area contributed by atoms with Crippen LogP contribution in [0.4, 0.5) is 0 Å². The average Bonchev–Trinajstić information content (AvgIpc) is 2.81. The van der Waals surface area contributed by atoms with Crippen LogP contribution in [0.2, 0.25) is 0 Å². The largest absolute Gasteiger partial charge is 0.376 e. The second-order valence-corrected chi connectivity index (χ2v) is 6.68. The van der Waals surface area contributed by atoms with Crippen molar-refractivity contribution in [3.8, 4) is 0 Å². The Morgan fingerprint density at radius 1 is 1.35 bits per heavy atom. The molecule has 7 heteroatoms. The van der Waals surface area contributed by atoms with Gasteiger partial charge in [-0.15, -0.1) is 0 Å². The number of ether oxygens (including phenoxy) is 2. The van der Waals surface area contributed by atoms with E-state index in [1.54, 1.807) is 13.1 Å². The van der Waals surface area contributed by atoms with Crippen molar-refractivity contribution in [2.24, 2.45) is 5.73 Å². The van der Waals surface area contributed by atoms with Crippen molar-refractivity contribution in [1.29, 1.82) is 0 Å². The lowest BCUT2D eigenvalue weighted by Gasteiger charge is -2.20. The monoisotopic (exact) mass is 325 g/mol. The SMILES string of the molecule is Cc1cn([C@H]2CC(N)[C@@H](COC(C)C)O2)c(=O)n(C(C)C)c1=O. The molecule has 2 rings (SSSR count). The molecule has 0 aliphatic carbocycles. The van der Waals surface area contributed by atoms with Crippen molar-refractivity contribution in [3.05, 3.63) is 32.6 Å². The lowest BCUT2D eigenvalue weighted by molar-refractivity contribution is -0.0581. The number of aryl methyl sites for hydroxylation is 1. The molecule has 0 aromatic carbocycles. The van der Waals surface area contributed by atoms with Crippen LogP contribution < -0.4 is 17.0 Å². The Balaban J connectivity index is 2.30. The van der Waals surface area contributed by atoms with E-state index >= 15 is 0 Å². The minimum Gasteiger partial charge on any atom is -0.376 e. The van der Waals surface area contributed by atoms with Crippen LogP contribution in [0.5, 0.6) is 0 Å². The molecule has 1 aliphatic rings. The van der Waals surface area contributed by atoms with Crippen molar-refractivity contribution in [2.75, 3.05) is 6.61 Å². The van der Waals surface area contributed by atoms with Crippen molar-refractivity contribution >= 4 is 0 Å². The van der Waals surface area contributed by atoms with E-state index in [0.717, 1.165) is 0 Å². The summed E-state index contributed by atoms with van der Waals surface area (Å²) in [6.07, 6.45) is 1.45. The predicted octanol–water partition coefficient (Wildman–Crippen LogP) is 0.939. The average molecular weight is 325 g/mol. The summed E-state index contributed by atoms with van der Waals surface area (Å²) in [4.78, 5) is 24.8. The van der Waals surface area contributed by atoms with Crippen LogP contribution in [-0.4, -0.2) is 34.0 Å². The predicted molar refractivity (Wildman–Crippen MR) is 87.7 cm³/mol. The van der Waals surface area contributed by atoms with Crippen LogP contribution in [0.1, 0.15) is 51.9 Å². The first-order valence-corrected chi connectivity index (χ1v) is 8.09. The summed E-state index contributed by atoms with van der Waals surface area (Å²) in [5.41, 5.74) is 6.01. The maximum absolute atomic E-state index is 12.6. The van der Waals surface area contributed by atoms with Gasteiger partial charge in [0.05, 0.1) is 18.8 Å². The minimum atomic E-state index is -0.470. The maximum Gasteiger partial charge on any atom is 0.333 e. The molecule has 1 unspecified atom stereocenters. The summed E-state index contributed by atoms with van der Waals surface area (Å²) in [6, 6.07) is -0.415. The van der Waals surface area contributed by atoms with Gasteiger partial charge in [-0.3, -0.25) is 13.9 Å². The Morgan fingerprint density at radius 2 is 2.00 bits per heavy atom. The number of nitrogens with zero attached hydrogens (tertiary/aromatic N) is 2. The molecule has 0 saturated carbocycles. The van der Waals surface area contributed by atoms with Gasteiger partial charge in [0.15, 0.2) is 0 Å². The molecule has 3 atom stereocenters. The molecular formula is C16H27N3O4. The molecule has 23 heavy (non-hydrogen) atoms. The van der Waals surface area contributed by atoms with E-state index in [1.807, 2.05) is 27.7 Å². The van der Waals surface area contributed by atoms with Gasteiger partial charge in [0.1, 0.15) is 6.23 Å². The van der Waals surface area contributed by atoms with Gasteiger partial charge in [0.2, 0.25) is 0 Å². The zero-order valence-electron chi connectivity index (χ0n) is 14.5. The molecule has 1 fully saturated rings. The lowest BCUT2D eigenvalue weighted by atomic mass is 10.1. The quantitative estimate of drug-likeness (QED) is 0.870. The molecule has 1 aromatic heterocycles. The maximum atomic E-state index is 12.6. The fraction of sp³-hybridized carbons (Fsp3) is 0.750. The first kappa shape index (κ1) is 17.9. The molecular weight excluding hydrogens is 298 g/mol. The van der Waals surface area contributed by atoms with Crippen LogP contribution in [-0.2, 0) is 9.47 Å². The Kier molecular flexibility index (Phi) is 5.44. The molecule has 0 bridgehead atoms. The Hall–Kier alpha value is -1.44. The van der Waals surface area contributed by atoms with Gasteiger partial charge in [0.25, 0.3) is 5.56 Å². The second kappa shape index (κ2) is 6.98. The summed E-state index contributed by atoms with van der Waals surface area (Å²) in [7, 11) is 0. The number of hydrogen-bond donors (Lipinski definition) is 1. The van der Waals surface area contributed by atoms with Gasteiger partial charge in [-0.05, 0) is 34.6 Å². The molecule has 2 heterocycles. The highest BCUT2D eigenvalue weighted by Crippen LogP contribution is 2.27. The molecule has 1 aromatic rings. The van der Waals surface area contributed by atoms with Crippen molar-refractivity contribution in [2.45, 2.75) is 71.6 Å². The number of rotatable bonds is 5. The normalized spacial score (nSPS) is 24.8. The minimum absolute atomic E-state index is 0.0951. The summed E-state index contributed by atoms with van der Waals surface area (Å²) in [5, 5.41) is 0. The molecule has 0 spiro atoms. The molecule has 130 valence electrons. The first-order valence-electron chi connectivity index (χ1n) is 8.09. The fourth-order valence-corrected chi connectivity index (χ4v) is 2.75. The molecule has 1 saturated heterocycles. The third-order valence-electron chi connectivity index (χ3n) is 4.02. The highest BCUT2D eigenvalue weighted by molar-refractivity contribution is 5.04. The molecule has 0 amide bonds. The van der Waals surface area contributed by atoms with Crippen molar-refractivity contribution < 1.29 is 9.47 Å². The van der Waals surface area contributed by atoms with Gasteiger partial charge in [-0.2, -0.15) is 0 Å². The van der Waals surface area contributed by atoms with Gasteiger partial charge in [-0.1, -0.05) is 0 Å². The van der Waals surface area contributed by atoms with Crippen molar-refractivity contribution in [1.82, 2.24) is 9.13 Å². The lowest BCUT2D eigenvalue weighted by Crippen LogP contribution is -2.43. The standard InChI is InChI=1S/C16H27N3O4/c1-9(2)19-15(20)11(5)7-18(16(19)21)14-6-12(17)13(23-14)8-22-10(3)4/h7,9-10,12-14H,6,8,17H2,1-5H3/t12?,13-,14-/m1/s1. The second-order valence-electron chi connectivity index (χ2n) is 6.68. The van der Waals surface area contributed by atoms with E-state index in [-0.39, 0.29) is 35.5 Å². The van der Waals surface area contributed by atoms with E-state index in [9.17, 15) is 9.59 Å². The third-order valence-corrected chi connectivity index (χ3v) is 4.02. The molecule has 7 nitrogen and oxygen atoms in total. The Bertz CT molecular complexity index is 662. The van der Waals surface area contributed by atoms with Gasteiger partial charge in [0, 0.05) is 30.3 Å². The summed E-state index contributed by atoms with van der Waals surface area (Å²) in [5.74, 6) is 0. The van der Waals surface area contributed by atoms with Crippen LogP contribution in [0.3, 0.4) is 0 Å². The van der Waals surface area contributed by atoms with Gasteiger partial charge >= 0.3 is 5.69 Å². The van der Waals surface area contributed by atoms with Crippen LogP contribution in [0.25, 0.3) is 0 Å². The van der Waals surface area contributed by atoms with Gasteiger partial charge in [-0.25, -0.2) is 4.79 Å². The summed E-state index contributed by atoms with van der Waals surface area (Å²) < 4.78 is 14.2. The van der Waals surface area contributed by atoms with E-state index in [1.165, 1.54) is 9.13 Å². The summed E-state index contributed by atoms with van der Waals surface area (Å²) >= 11 is 0. The smallest absolute Gasteiger partial charge is 0.333 e. The van der Waals surface area contributed by atoms with Crippen LogP contribution in [0, 0.1) is 6.92 Å². The molecule has 1 aliphatic heterocycles. The van der Waals surface area contributed by atoms with Crippen LogP contribution >= 0.6 is 0 Å². The Morgan fingerprint density at radius 3 is 2.57 bits per heavy atom. The first-order chi connectivity index (χ1) is 10.7. The van der Waals surface area contributed by atoms with Crippen molar-refractivity contribution in [3.63, 3.8) is 0 Å². The van der Waals surface area contributed by atoms with E-state index in [2.05, 4.69) is 0 Å². The van der Waals surface area contributed by atoms with E-state index in [4.69, 9.17) is 15.2 Å². The number of aromatic nitrogens is 2. The molecule has 0 radical (unpaired) electrons. The van der Waals surface area contributed by atoms with E-state index in [0.29, 0.717) is 18.6 Å². The highest BCUT2D eigenvalue weighted by Gasteiger charge is 2.35. The van der Waals surface area contributed by atoms with Gasteiger partial charge < -0.3 is 15.2 Å².